The average molecular weight is 332 g/mol. The van der Waals surface area contributed by atoms with E-state index in [1.165, 1.54) is 9.79 Å². The quantitative estimate of drug-likeness (QED) is 0.517. The summed E-state index contributed by atoms with van der Waals surface area (Å²) in [7, 11) is 0. The lowest BCUT2D eigenvalue weighted by molar-refractivity contribution is 0.540. The van der Waals surface area contributed by atoms with Crippen molar-refractivity contribution in [2.75, 3.05) is 5.32 Å². The van der Waals surface area contributed by atoms with E-state index in [1.807, 2.05) is 36.4 Å². The summed E-state index contributed by atoms with van der Waals surface area (Å²) in [5.74, 6) is 0.690. The van der Waals surface area contributed by atoms with Crippen molar-refractivity contribution in [1.82, 2.24) is 4.98 Å². The van der Waals surface area contributed by atoms with Crippen LogP contribution in [-0.2, 0) is 6.54 Å². The molecule has 0 aliphatic carbocycles. The van der Waals surface area contributed by atoms with Gasteiger partial charge in [-0.25, -0.2) is 4.98 Å². The second-order valence-electron chi connectivity index (χ2n) is 5.34. The Labute approximate surface area is 144 Å². The molecule has 0 aliphatic rings. The molecule has 1 N–H and O–H groups in total. The van der Waals surface area contributed by atoms with Crippen LogP contribution in [0.1, 0.15) is 5.89 Å². The molecular formula is C20H16N2OS. The van der Waals surface area contributed by atoms with Gasteiger partial charge in [0, 0.05) is 15.5 Å². The van der Waals surface area contributed by atoms with Crippen molar-refractivity contribution in [3.8, 4) is 0 Å². The Bertz CT molecular complexity index is 917. The number of nitrogens with one attached hydrogen (secondary N) is 1. The molecule has 3 nitrogen and oxygen atoms in total. The predicted octanol–water partition coefficient (Wildman–Crippen LogP) is 5.59. The summed E-state index contributed by atoms with van der Waals surface area (Å²) in [5.41, 5.74) is 2.79. The molecule has 0 saturated heterocycles. The second kappa shape index (κ2) is 6.81. The molecule has 0 amide bonds. The van der Waals surface area contributed by atoms with Crippen LogP contribution in [0.15, 0.2) is 93.1 Å². The topological polar surface area (TPSA) is 38.1 Å². The van der Waals surface area contributed by atoms with Crippen LogP contribution in [-0.4, -0.2) is 4.98 Å². The molecule has 0 unspecified atom stereocenters. The SMILES string of the molecule is c1ccc(Sc2ccccc2NCc2nc3ccccc3o2)cc1. The predicted molar refractivity (Wildman–Crippen MR) is 98.3 cm³/mol. The van der Waals surface area contributed by atoms with Crippen molar-refractivity contribution >= 4 is 28.5 Å². The molecule has 118 valence electrons. The zero-order chi connectivity index (χ0) is 16.2. The van der Waals surface area contributed by atoms with Crippen LogP contribution in [0, 0.1) is 0 Å². The van der Waals surface area contributed by atoms with Gasteiger partial charge in [0.05, 0.1) is 6.54 Å². The van der Waals surface area contributed by atoms with Crippen LogP contribution in [0.5, 0.6) is 0 Å². The van der Waals surface area contributed by atoms with Crippen LogP contribution in [0.3, 0.4) is 0 Å². The molecule has 1 heterocycles. The maximum Gasteiger partial charge on any atom is 0.214 e. The summed E-state index contributed by atoms with van der Waals surface area (Å²) in [5, 5.41) is 3.43. The highest BCUT2D eigenvalue weighted by molar-refractivity contribution is 7.99. The van der Waals surface area contributed by atoms with Crippen LogP contribution >= 0.6 is 11.8 Å². The van der Waals surface area contributed by atoms with Gasteiger partial charge in [0.2, 0.25) is 5.89 Å². The normalized spacial score (nSPS) is 10.8. The van der Waals surface area contributed by atoms with Crippen LogP contribution in [0.4, 0.5) is 5.69 Å². The first-order valence-corrected chi connectivity index (χ1v) is 8.60. The highest BCUT2D eigenvalue weighted by Gasteiger charge is 2.07. The van der Waals surface area contributed by atoms with Crippen molar-refractivity contribution in [2.24, 2.45) is 0 Å². The highest BCUT2D eigenvalue weighted by atomic mass is 32.2. The van der Waals surface area contributed by atoms with Gasteiger partial charge in [0.25, 0.3) is 0 Å². The molecule has 0 radical (unpaired) electrons. The molecule has 4 rings (SSSR count). The first kappa shape index (κ1) is 14.8. The summed E-state index contributed by atoms with van der Waals surface area (Å²) in [6.45, 7) is 0.557. The van der Waals surface area contributed by atoms with E-state index in [4.69, 9.17) is 4.42 Å². The fraction of sp³-hybridized carbons (Fsp3) is 0.0500. The molecule has 4 heteroatoms. The zero-order valence-corrected chi connectivity index (χ0v) is 13.8. The molecule has 1 aromatic heterocycles. The average Bonchev–Trinajstić information content (AvgIpc) is 3.05. The van der Waals surface area contributed by atoms with Gasteiger partial charge in [-0.3, -0.25) is 0 Å². The highest BCUT2D eigenvalue weighted by Crippen LogP contribution is 2.33. The van der Waals surface area contributed by atoms with Gasteiger partial charge >= 0.3 is 0 Å². The summed E-state index contributed by atoms with van der Waals surface area (Å²) in [6, 6.07) is 26.5. The fourth-order valence-electron chi connectivity index (χ4n) is 2.48. The third kappa shape index (κ3) is 3.29. The van der Waals surface area contributed by atoms with Crippen LogP contribution < -0.4 is 5.32 Å². The first-order valence-electron chi connectivity index (χ1n) is 7.79. The number of hydrogen-bond acceptors (Lipinski definition) is 4. The maximum absolute atomic E-state index is 5.77. The molecule has 0 saturated carbocycles. The number of para-hydroxylation sites is 3. The third-order valence-electron chi connectivity index (χ3n) is 3.63. The summed E-state index contributed by atoms with van der Waals surface area (Å²) < 4.78 is 5.77. The van der Waals surface area contributed by atoms with Gasteiger partial charge in [-0.15, -0.1) is 0 Å². The monoisotopic (exact) mass is 332 g/mol. The number of aromatic nitrogens is 1. The first-order chi connectivity index (χ1) is 11.9. The van der Waals surface area contributed by atoms with Gasteiger partial charge in [-0.1, -0.05) is 54.2 Å². The Hall–Kier alpha value is -2.72. The van der Waals surface area contributed by atoms with Gasteiger partial charge in [0.15, 0.2) is 5.58 Å². The minimum Gasteiger partial charge on any atom is -0.439 e. The van der Waals surface area contributed by atoms with E-state index < -0.39 is 0 Å². The number of anilines is 1. The lowest BCUT2D eigenvalue weighted by Crippen LogP contribution is -2.00. The summed E-state index contributed by atoms with van der Waals surface area (Å²) >= 11 is 1.74. The summed E-state index contributed by atoms with van der Waals surface area (Å²) in [6.07, 6.45) is 0. The van der Waals surface area contributed by atoms with Crippen LogP contribution in [0.25, 0.3) is 11.1 Å². The third-order valence-corrected chi connectivity index (χ3v) is 4.71. The van der Waals surface area contributed by atoms with Crippen molar-refractivity contribution in [2.45, 2.75) is 16.3 Å². The van der Waals surface area contributed by atoms with Crippen LogP contribution in [0.2, 0.25) is 0 Å². The largest absolute Gasteiger partial charge is 0.439 e. The van der Waals surface area contributed by atoms with Crippen molar-refractivity contribution in [3.63, 3.8) is 0 Å². The van der Waals surface area contributed by atoms with Gasteiger partial charge in [-0.05, 0) is 36.4 Å². The van der Waals surface area contributed by atoms with E-state index in [0.29, 0.717) is 12.4 Å². The van der Waals surface area contributed by atoms with Gasteiger partial charge in [-0.2, -0.15) is 0 Å². The zero-order valence-electron chi connectivity index (χ0n) is 13.0. The fourth-order valence-corrected chi connectivity index (χ4v) is 3.43. The van der Waals surface area contributed by atoms with E-state index in [-0.39, 0.29) is 0 Å². The second-order valence-corrected chi connectivity index (χ2v) is 6.46. The van der Waals surface area contributed by atoms with Gasteiger partial charge in [0.1, 0.15) is 5.52 Å². The number of nitrogens with zero attached hydrogens (tertiary/aromatic N) is 1. The van der Waals surface area contributed by atoms with Crippen molar-refractivity contribution < 1.29 is 4.42 Å². The molecule has 0 fully saturated rings. The number of oxazole rings is 1. The Balaban J connectivity index is 1.52. The summed E-state index contributed by atoms with van der Waals surface area (Å²) in [4.78, 5) is 6.90. The van der Waals surface area contributed by atoms with Crippen molar-refractivity contribution in [3.05, 3.63) is 84.8 Å². The van der Waals surface area contributed by atoms with E-state index in [9.17, 15) is 0 Å². The number of benzene rings is 3. The smallest absolute Gasteiger partial charge is 0.214 e. The van der Waals surface area contributed by atoms with E-state index >= 15 is 0 Å². The molecule has 24 heavy (non-hydrogen) atoms. The number of rotatable bonds is 5. The maximum atomic E-state index is 5.77. The van der Waals surface area contributed by atoms with Crippen molar-refractivity contribution in [1.29, 1.82) is 0 Å². The minimum absolute atomic E-state index is 0.557. The molecule has 0 spiro atoms. The lowest BCUT2D eigenvalue weighted by atomic mass is 10.3. The van der Waals surface area contributed by atoms with E-state index in [0.717, 1.165) is 16.8 Å². The molecule has 0 bridgehead atoms. The molecular weight excluding hydrogens is 316 g/mol. The Morgan fingerprint density at radius 2 is 1.58 bits per heavy atom. The van der Waals surface area contributed by atoms with E-state index in [2.05, 4.69) is 52.8 Å². The Kier molecular flexibility index (Phi) is 4.21. The molecule has 0 atom stereocenters. The number of hydrogen-bond donors (Lipinski definition) is 1. The molecule has 4 aromatic rings. The molecule has 3 aromatic carbocycles. The van der Waals surface area contributed by atoms with Gasteiger partial charge < -0.3 is 9.73 Å². The lowest BCUT2D eigenvalue weighted by Gasteiger charge is -2.10. The Morgan fingerprint density at radius 3 is 2.46 bits per heavy atom. The van der Waals surface area contributed by atoms with E-state index in [1.54, 1.807) is 11.8 Å². The Morgan fingerprint density at radius 1 is 0.833 bits per heavy atom. The minimum atomic E-state index is 0.557. The molecule has 0 aliphatic heterocycles. The standard InChI is InChI=1S/C20H16N2OS/c1-2-8-15(9-3-1)24-19-13-7-5-11-17(19)21-14-20-22-16-10-4-6-12-18(16)23-20/h1-13,21H,14H2. The number of fused-ring (bicyclic) bond motifs is 1.